The average Bonchev–Trinajstić information content (AvgIpc) is 3.09. The number of alkyl halides is 3. The Balaban J connectivity index is 2.01. The first-order valence-electron chi connectivity index (χ1n) is 9.21. The van der Waals surface area contributed by atoms with Crippen LogP contribution in [0.5, 0.6) is 5.75 Å². The van der Waals surface area contributed by atoms with Crippen molar-refractivity contribution >= 4 is 29.1 Å². The van der Waals surface area contributed by atoms with Gasteiger partial charge < -0.3 is 20.5 Å². The van der Waals surface area contributed by atoms with E-state index >= 15 is 0 Å². The molecule has 1 aromatic heterocycles. The first-order valence-corrected chi connectivity index (χ1v) is 9.59. The van der Waals surface area contributed by atoms with Gasteiger partial charge in [0.1, 0.15) is 28.4 Å². The van der Waals surface area contributed by atoms with Gasteiger partial charge in [0.25, 0.3) is 11.8 Å². The maximum Gasteiger partial charge on any atom is 0.417 e. The first kappa shape index (κ1) is 23.7. The monoisotopic (exact) mass is 475 g/mol. The molecule has 7 nitrogen and oxygen atoms in total. The van der Waals surface area contributed by atoms with Crippen LogP contribution in [0.3, 0.4) is 0 Å². The van der Waals surface area contributed by atoms with Crippen molar-refractivity contribution in [3.8, 4) is 5.75 Å². The fraction of sp³-hybridized carbons (Fsp3) is 0.350. The molecule has 0 radical (unpaired) electrons. The molecular weight excluding hydrogens is 458 g/mol. The molecule has 0 aliphatic carbocycles. The van der Waals surface area contributed by atoms with E-state index in [1.165, 1.54) is 31.5 Å². The predicted octanol–water partition coefficient (Wildman–Crippen LogP) is 3.81. The lowest BCUT2D eigenvalue weighted by molar-refractivity contribution is -0.261. The van der Waals surface area contributed by atoms with Crippen molar-refractivity contribution < 1.29 is 36.6 Å². The summed E-state index contributed by atoms with van der Waals surface area (Å²) in [5.74, 6) is -3.98. The van der Waals surface area contributed by atoms with Gasteiger partial charge in [0.2, 0.25) is 0 Å². The molecule has 12 heteroatoms. The lowest BCUT2D eigenvalue weighted by Crippen LogP contribution is -2.43. The minimum Gasteiger partial charge on any atom is -0.495 e. The van der Waals surface area contributed by atoms with Crippen LogP contribution in [0.15, 0.2) is 30.5 Å². The number of amides is 2. The number of rotatable bonds is 5. The third-order valence-electron chi connectivity index (χ3n) is 5.18. The van der Waals surface area contributed by atoms with Crippen LogP contribution in [0.4, 0.5) is 23.2 Å². The molecule has 172 valence electrons. The number of hydrogen-bond donors (Lipinski definition) is 2. The van der Waals surface area contributed by atoms with Crippen molar-refractivity contribution in [3.05, 3.63) is 52.6 Å². The molecule has 3 atom stereocenters. The zero-order valence-corrected chi connectivity index (χ0v) is 17.6. The largest absolute Gasteiger partial charge is 0.495 e. The van der Waals surface area contributed by atoms with E-state index in [1.54, 1.807) is 0 Å². The Labute approximate surface area is 184 Å². The number of halogens is 5. The molecule has 1 saturated heterocycles. The SMILES string of the molecule is COc1c([C@H]2CC(C)(C(F)(F)F)O[C@@H]2C(=O)Nc2ccnc(C(N)=O)c2)ccc(F)c1Cl. The Morgan fingerprint density at radius 2 is 2.03 bits per heavy atom. The van der Waals surface area contributed by atoms with Gasteiger partial charge in [-0.15, -0.1) is 0 Å². The van der Waals surface area contributed by atoms with Gasteiger partial charge in [0, 0.05) is 23.4 Å². The lowest BCUT2D eigenvalue weighted by atomic mass is 9.86. The Morgan fingerprint density at radius 1 is 1.34 bits per heavy atom. The number of carbonyl (C=O) groups is 2. The summed E-state index contributed by atoms with van der Waals surface area (Å²) < 4.78 is 65.4. The highest BCUT2D eigenvalue weighted by Gasteiger charge is 2.61. The quantitative estimate of drug-likeness (QED) is 0.640. The molecule has 1 aliphatic heterocycles. The highest BCUT2D eigenvalue weighted by Crippen LogP contribution is 2.52. The highest BCUT2D eigenvalue weighted by atomic mass is 35.5. The van der Waals surface area contributed by atoms with Crippen LogP contribution < -0.4 is 15.8 Å². The number of nitrogens with zero attached hydrogens (tertiary/aromatic N) is 1. The summed E-state index contributed by atoms with van der Waals surface area (Å²) in [6.45, 7) is 0.822. The maximum atomic E-state index is 13.9. The molecule has 1 aliphatic rings. The standard InChI is InChI=1S/C20H18ClF4N3O4/c1-19(20(23,24)25)8-11(10-3-4-12(22)14(21)15(10)31-2)16(32-19)18(30)28-9-5-6-27-13(7-9)17(26)29/h3-7,11,16H,8H2,1-2H3,(H2,26,29)(H,27,28,30)/t11-,16+,19?/m1/s1. The van der Waals surface area contributed by atoms with Crippen molar-refractivity contribution in [2.24, 2.45) is 5.73 Å². The molecule has 32 heavy (non-hydrogen) atoms. The van der Waals surface area contributed by atoms with E-state index in [1.807, 2.05) is 0 Å². The van der Waals surface area contributed by atoms with E-state index in [2.05, 4.69) is 10.3 Å². The summed E-state index contributed by atoms with van der Waals surface area (Å²) >= 11 is 5.93. The fourth-order valence-electron chi connectivity index (χ4n) is 3.53. The number of nitrogens with two attached hydrogens (primary N) is 1. The Morgan fingerprint density at radius 3 is 2.62 bits per heavy atom. The van der Waals surface area contributed by atoms with Gasteiger partial charge in [-0.3, -0.25) is 14.6 Å². The van der Waals surface area contributed by atoms with Crippen LogP contribution in [0.2, 0.25) is 5.02 Å². The first-order chi connectivity index (χ1) is 14.9. The number of pyridine rings is 1. The molecule has 3 rings (SSSR count). The molecule has 1 aromatic carbocycles. The van der Waals surface area contributed by atoms with E-state index in [0.717, 1.165) is 13.0 Å². The van der Waals surface area contributed by atoms with Gasteiger partial charge in [-0.25, -0.2) is 4.39 Å². The number of hydrogen-bond acceptors (Lipinski definition) is 5. The van der Waals surface area contributed by atoms with Gasteiger partial charge in [-0.2, -0.15) is 13.2 Å². The number of aromatic nitrogens is 1. The number of methoxy groups -OCH3 is 1. The van der Waals surface area contributed by atoms with Crippen LogP contribution in [-0.4, -0.2) is 41.8 Å². The summed E-state index contributed by atoms with van der Waals surface area (Å²) in [6, 6.07) is 4.67. The van der Waals surface area contributed by atoms with Crippen molar-refractivity contribution in [3.63, 3.8) is 0 Å². The van der Waals surface area contributed by atoms with Gasteiger partial charge in [-0.05, 0) is 31.5 Å². The smallest absolute Gasteiger partial charge is 0.417 e. The molecule has 0 spiro atoms. The van der Waals surface area contributed by atoms with Crippen molar-refractivity contribution in [2.45, 2.75) is 37.1 Å². The van der Waals surface area contributed by atoms with Gasteiger partial charge in [0.05, 0.1) is 7.11 Å². The fourth-order valence-corrected chi connectivity index (χ4v) is 3.78. The maximum absolute atomic E-state index is 13.9. The van der Waals surface area contributed by atoms with Crippen LogP contribution in [0, 0.1) is 5.82 Å². The predicted molar refractivity (Wildman–Crippen MR) is 106 cm³/mol. The third-order valence-corrected chi connectivity index (χ3v) is 5.54. The topological polar surface area (TPSA) is 104 Å². The second-order valence-corrected chi connectivity index (χ2v) is 7.72. The zero-order valence-electron chi connectivity index (χ0n) is 16.8. The Hall–Kier alpha value is -2.92. The molecule has 1 fully saturated rings. The molecule has 1 unspecified atom stereocenters. The average molecular weight is 476 g/mol. The van der Waals surface area contributed by atoms with Gasteiger partial charge in [-0.1, -0.05) is 17.7 Å². The van der Waals surface area contributed by atoms with E-state index < -0.39 is 52.9 Å². The van der Waals surface area contributed by atoms with Crippen LogP contribution in [0.25, 0.3) is 0 Å². The van der Waals surface area contributed by atoms with E-state index in [4.69, 9.17) is 26.8 Å². The highest BCUT2D eigenvalue weighted by molar-refractivity contribution is 6.32. The molecule has 3 N–H and O–H groups in total. The van der Waals surface area contributed by atoms with Crippen molar-refractivity contribution in [1.82, 2.24) is 4.98 Å². The second kappa shape index (κ2) is 8.55. The van der Waals surface area contributed by atoms with E-state index in [0.29, 0.717) is 0 Å². The Bertz CT molecular complexity index is 1070. The van der Waals surface area contributed by atoms with Crippen molar-refractivity contribution in [1.29, 1.82) is 0 Å². The lowest BCUT2D eigenvalue weighted by Gasteiger charge is -2.27. The molecule has 0 saturated carbocycles. The molecular formula is C20H18ClF4N3O4. The Kier molecular flexibility index (Phi) is 6.34. The number of carbonyl (C=O) groups excluding carboxylic acids is 2. The molecule has 0 bridgehead atoms. The molecule has 2 heterocycles. The van der Waals surface area contributed by atoms with Crippen LogP contribution >= 0.6 is 11.6 Å². The summed E-state index contributed by atoms with van der Waals surface area (Å²) in [5, 5.41) is 1.98. The van der Waals surface area contributed by atoms with Gasteiger partial charge in [0.15, 0.2) is 5.60 Å². The van der Waals surface area contributed by atoms with Crippen LogP contribution in [-0.2, 0) is 9.53 Å². The number of benzene rings is 1. The van der Waals surface area contributed by atoms with E-state index in [9.17, 15) is 27.2 Å². The second-order valence-electron chi connectivity index (χ2n) is 7.34. The number of primary amides is 1. The van der Waals surface area contributed by atoms with Crippen molar-refractivity contribution in [2.75, 3.05) is 12.4 Å². The molecule has 2 amide bonds. The van der Waals surface area contributed by atoms with E-state index in [-0.39, 0.29) is 22.7 Å². The number of anilines is 1. The molecule has 2 aromatic rings. The minimum atomic E-state index is -4.80. The zero-order chi connectivity index (χ0) is 23.8. The van der Waals surface area contributed by atoms with Gasteiger partial charge >= 0.3 is 6.18 Å². The number of ether oxygens (including phenoxy) is 2. The normalized spacial score (nSPS) is 23.1. The summed E-state index contributed by atoms with van der Waals surface area (Å²) in [4.78, 5) is 28.0. The number of nitrogens with one attached hydrogen (secondary N) is 1. The third kappa shape index (κ3) is 4.35. The summed E-state index contributed by atoms with van der Waals surface area (Å²) in [6.07, 6.45) is -5.88. The summed E-state index contributed by atoms with van der Waals surface area (Å²) in [7, 11) is 1.18. The summed E-state index contributed by atoms with van der Waals surface area (Å²) in [5.41, 5.74) is 2.49. The minimum absolute atomic E-state index is 0.0749. The van der Waals surface area contributed by atoms with Crippen LogP contribution in [0.1, 0.15) is 35.3 Å².